The summed E-state index contributed by atoms with van der Waals surface area (Å²) in [5, 5.41) is 6.95. The van der Waals surface area contributed by atoms with Crippen LogP contribution in [0.2, 0.25) is 0 Å². The first-order valence-electron chi connectivity index (χ1n) is 7.63. The third-order valence-corrected chi connectivity index (χ3v) is 3.81. The van der Waals surface area contributed by atoms with E-state index in [9.17, 15) is 0 Å². The van der Waals surface area contributed by atoms with Gasteiger partial charge in [-0.05, 0) is 49.2 Å². The van der Waals surface area contributed by atoms with Crippen molar-refractivity contribution in [1.29, 1.82) is 0 Å². The van der Waals surface area contributed by atoms with Crippen molar-refractivity contribution in [1.82, 2.24) is 5.32 Å². The first-order valence-corrected chi connectivity index (χ1v) is 8.04. The maximum atomic E-state index is 5.73. The average Bonchev–Trinajstić information content (AvgIpc) is 2.76. The van der Waals surface area contributed by atoms with E-state index < -0.39 is 5.79 Å². The zero-order valence-electron chi connectivity index (χ0n) is 14.0. The summed E-state index contributed by atoms with van der Waals surface area (Å²) in [7, 11) is 0. The van der Waals surface area contributed by atoms with Gasteiger partial charge in [-0.1, -0.05) is 32.9 Å². The van der Waals surface area contributed by atoms with Crippen molar-refractivity contribution in [2.24, 2.45) is 0 Å². The first kappa shape index (κ1) is 17.2. The Labute approximate surface area is 138 Å². The molecular formula is C17H26N2O2S. The molecule has 0 aromatic heterocycles. The van der Waals surface area contributed by atoms with Crippen molar-refractivity contribution in [3.8, 4) is 0 Å². The van der Waals surface area contributed by atoms with E-state index in [1.807, 2.05) is 26.0 Å². The van der Waals surface area contributed by atoms with Gasteiger partial charge in [-0.15, -0.1) is 0 Å². The average molecular weight is 322 g/mol. The number of thiocarbonyl (C=S) groups is 1. The van der Waals surface area contributed by atoms with Crippen LogP contribution in [0, 0.1) is 0 Å². The number of ether oxygens (including phenoxy) is 2. The SMILES string of the molecule is CC1(C)OCC(CNC(=S)Nc2ccc(C(C)(C)C)cc2)O1. The zero-order chi connectivity index (χ0) is 16.4. The predicted octanol–water partition coefficient (Wildman–Crippen LogP) is 3.42. The van der Waals surface area contributed by atoms with Crippen LogP contribution in [-0.4, -0.2) is 30.2 Å². The summed E-state index contributed by atoms with van der Waals surface area (Å²) in [6.45, 7) is 11.7. The number of benzene rings is 1. The van der Waals surface area contributed by atoms with E-state index >= 15 is 0 Å². The molecule has 5 heteroatoms. The van der Waals surface area contributed by atoms with Crippen LogP contribution in [0.4, 0.5) is 5.69 Å². The Morgan fingerprint density at radius 1 is 1.27 bits per heavy atom. The van der Waals surface area contributed by atoms with Crippen LogP contribution < -0.4 is 10.6 Å². The highest BCUT2D eigenvalue weighted by molar-refractivity contribution is 7.80. The lowest BCUT2D eigenvalue weighted by Gasteiger charge is -2.20. The van der Waals surface area contributed by atoms with E-state index in [1.54, 1.807) is 0 Å². The van der Waals surface area contributed by atoms with Gasteiger partial charge in [-0.2, -0.15) is 0 Å². The van der Waals surface area contributed by atoms with E-state index in [-0.39, 0.29) is 11.5 Å². The van der Waals surface area contributed by atoms with Crippen molar-refractivity contribution >= 4 is 23.0 Å². The Kier molecular flexibility index (Phi) is 5.10. The molecule has 0 aliphatic carbocycles. The summed E-state index contributed by atoms with van der Waals surface area (Å²) in [4.78, 5) is 0. The van der Waals surface area contributed by atoms with Crippen molar-refractivity contribution in [2.45, 2.75) is 51.9 Å². The second kappa shape index (κ2) is 6.52. The molecule has 122 valence electrons. The maximum absolute atomic E-state index is 5.73. The number of rotatable bonds is 3. The molecule has 1 aliphatic heterocycles. The van der Waals surface area contributed by atoms with Gasteiger partial charge in [0.1, 0.15) is 6.10 Å². The van der Waals surface area contributed by atoms with Gasteiger partial charge in [0.15, 0.2) is 10.9 Å². The zero-order valence-corrected chi connectivity index (χ0v) is 14.8. The highest BCUT2D eigenvalue weighted by atomic mass is 32.1. The largest absolute Gasteiger partial charge is 0.360 e. The molecule has 0 spiro atoms. The maximum Gasteiger partial charge on any atom is 0.170 e. The molecule has 0 bridgehead atoms. The number of nitrogens with one attached hydrogen (secondary N) is 2. The Morgan fingerprint density at radius 3 is 2.41 bits per heavy atom. The Morgan fingerprint density at radius 2 is 1.91 bits per heavy atom. The van der Waals surface area contributed by atoms with Gasteiger partial charge in [-0.3, -0.25) is 0 Å². The lowest BCUT2D eigenvalue weighted by atomic mass is 9.87. The van der Waals surface area contributed by atoms with Crippen LogP contribution in [0.3, 0.4) is 0 Å². The molecule has 1 aromatic rings. The Balaban J connectivity index is 1.80. The Hall–Kier alpha value is -1.17. The summed E-state index contributed by atoms with van der Waals surface area (Å²) in [6, 6.07) is 8.35. The van der Waals surface area contributed by atoms with Crippen LogP contribution in [-0.2, 0) is 14.9 Å². The van der Waals surface area contributed by atoms with Gasteiger partial charge in [0.25, 0.3) is 0 Å². The van der Waals surface area contributed by atoms with Gasteiger partial charge in [0.05, 0.1) is 6.61 Å². The third kappa shape index (κ3) is 4.93. The van der Waals surface area contributed by atoms with Crippen LogP contribution in [0.15, 0.2) is 24.3 Å². The lowest BCUT2D eigenvalue weighted by molar-refractivity contribution is -0.137. The minimum Gasteiger partial charge on any atom is -0.360 e. The lowest BCUT2D eigenvalue weighted by Crippen LogP contribution is -2.36. The van der Waals surface area contributed by atoms with Crippen molar-refractivity contribution in [2.75, 3.05) is 18.5 Å². The smallest absolute Gasteiger partial charge is 0.170 e. The van der Waals surface area contributed by atoms with Crippen LogP contribution in [0.1, 0.15) is 40.2 Å². The molecular weight excluding hydrogens is 296 g/mol. The van der Waals surface area contributed by atoms with Crippen LogP contribution in [0.5, 0.6) is 0 Å². The molecule has 2 rings (SSSR count). The second-order valence-electron chi connectivity index (χ2n) is 7.11. The van der Waals surface area contributed by atoms with Gasteiger partial charge < -0.3 is 20.1 Å². The fourth-order valence-corrected chi connectivity index (χ4v) is 2.50. The molecule has 1 fully saturated rings. The molecule has 1 saturated heterocycles. The molecule has 0 saturated carbocycles. The molecule has 1 atom stereocenters. The number of hydrogen-bond acceptors (Lipinski definition) is 3. The normalized spacial score (nSPS) is 20.7. The van der Waals surface area contributed by atoms with Crippen molar-refractivity contribution in [3.63, 3.8) is 0 Å². The Bertz CT molecular complexity index is 520. The quantitative estimate of drug-likeness (QED) is 0.835. The molecule has 2 N–H and O–H groups in total. The van der Waals surface area contributed by atoms with Gasteiger partial charge in [0, 0.05) is 12.2 Å². The standard InChI is InChI=1S/C17H26N2O2S/c1-16(2,3)12-6-8-13(9-7-12)19-15(22)18-10-14-11-20-17(4,5)21-14/h6-9,14H,10-11H2,1-5H3,(H2,18,19,22). The molecule has 0 amide bonds. The van der Waals surface area contributed by atoms with E-state index in [4.69, 9.17) is 21.7 Å². The molecule has 22 heavy (non-hydrogen) atoms. The molecule has 1 unspecified atom stereocenters. The van der Waals surface area contributed by atoms with Crippen molar-refractivity contribution < 1.29 is 9.47 Å². The van der Waals surface area contributed by atoms with Gasteiger partial charge >= 0.3 is 0 Å². The monoisotopic (exact) mass is 322 g/mol. The molecule has 4 nitrogen and oxygen atoms in total. The summed E-state index contributed by atoms with van der Waals surface area (Å²) in [5.41, 5.74) is 2.44. The fraction of sp³-hybridized carbons (Fsp3) is 0.588. The summed E-state index contributed by atoms with van der Waals surface area (Å²) in [6.07, 6.45) is 0.0259. The molecule has 0 radical (unpaired) electrons. The van der Waals surface area contributed by atoms with Crippen LogP contribution in [0.25, 0.3) is 0 Å². The molecule has 1 aromatic carbocycles. The summed E-state index contributed by atoms with van der Waals surface area (Å²) >= 11 is 5.32. The van der Waals surface area contributed by atoms with E-state index in [0.29, 0.717) is 18.3 Å². The summed E-state index contributed by atoms with van der Waals surface area (Å²) in [5.74, 6) is -0.496. The number of hydrogen-bond donors (Lipinski definition) is 2. The molecule has 1 heterocycles. The van der Waals surface area contributed by atoms with Gasteiger partial charge in [-0.25, -0.2) is 0 Å². The fourth-order valence-electron chi connectivity index (χ4n) is 2.30. The van der Waals surface area contributed by atoms with Gasteiger partial charge in [0.2, 0.25) is 0 Å². The highest BCUT2D eigenvalue weighted by Crippen LogP contribution is 2.23. The van der Waals surface area contributed by atoms with Crippen molar-refractivity contribution in [3.05, 3.63) is 29.8 Å². The minimum atomic E-state index is -0.496. The van der Waals surface area contributed by atoms with Crippen LogP contribution >= 0.6 is 12.2 Å². The topological polar surface area (TPSA) is 42.5 Å². The number of anilines is 1. The highest BCUT2D eigenvalue weighted by Gasteiger charge is 2.32. The molecule has 1 aliphatic rings. The van der Waals surface area contributed by atoms with E-state index in [2.05, 4.69) is 43.5 Å². The predicted molar refractivity (Wildman–Crippen MR) is 94.3 cm³/mol. The summed E-state index contributed by atoms with van der Waals surface area (Å²) < 4.78 is 11.3. The van der Waals surface area contributed by atoms with E-state index in [0.717, 1.165) is 5.69 Å². The second-order valence-corrected chi connectivity index (χ2v) is 7.52. The van der Waals surface area contributed by atoms with E-state index in [1.165, 1.54) is 5.56 Å². The third-order valence-electron chi connectivity index (χ3n) is 3.57. The first-order chi connectivity index (χ1) is 10.2. The minimum absolute atomic E-state index is 0.0259.